The zero-order valence-corrected chi connectivity index (χ0v) is 7.60. The lowest BCUT2D eigenvalue weighted by Crippen LogP contribution is -2.23. The van der Waals surface area contributed by atoms with Crippen molar-refractivity contribution < 1.29 is 0 Å². The summed E-state index contributed by atoms with van der Waals surface area (Å²) in [4.78, 5) is 0. The highest BCUT2D eigenvalue weighted by Gasteiger charge is 2.04. The third-order valence-electron chi connectivity index (χ3n) is 1.93. The lowest BCUT2D eigenvalue weighted by molar-refractivity contribution is 0.613. The minimum Gasteiger partial charge on any atom is -0.313 e. The molecule has 1 N–H and O–H groups in total. The quantitative estimate of drug-likeness (QED) is 0.709. The summed E-state index contributed by atoms with van der Waals surface area (Å²) in [6.07, 6.45) is 4.57. The molecule has 0 atom stereocenters. The Morgan fingerprint density at radius 2 is 2.58 bits per heavy atom. The molecule has 0 saturated carbocycles. The molecule has 0 aliphatic carbocycles. The van der Waals surface area contributed by atoms with Gasteiger partial charge in [0.2, 0.25) is 0 Å². The van der Waals surface area contributed by atoms with Gasteiger partial charge in [-0.1, -0.05) is 10.1 Å². The largest absolute Gasteiger partial charge is 0.313 e. The molecular weight excluding hydrogens is 170 g/mol. The van der Waals surface area contributed by atoms with Gasteiger partial charge in [-0.2, -0.15) is 0 Å². The van der Waals surface area contributed by atoms with Crippen LogP contribution >= 0.6 is 11.5 Å². The van der Waals surface area contributed by atoms with Gasteiger partial charge in [0.1, 0.15) is 0 Å². The summed E-state index contributed by atoms with van der Waals surface area (Å²) in [5, 5.41) is 9.28. The zero-order chi connectivity index (χ0) is 8.23. The Balaban J connectivity index is 2.07. The summed E-state index contributed by atoms with van der Waals surface area (Å²) >= 11 is 1.40. The van der Waals surface area contributed by atoms with Crippen LogP contribution in [-0.4, -0.2) is 22.7 Å². The molecule has 2 rings (SSSR count). The number of nitrogens with one attached hydrogen (secondary N) is 1. The molecule has 0 bridgehead atoms. The first-order valence-electron chi connectivity index (χ1n) is 4.12. The van der Waals surface area contributed by atoms with E-state index in [1.54, 1.807) is 0 Å². The van der Waals surface area contributed by atoms with Crippen molar-refractivity contribution in [3.8, 4) is 0 Å². The van der Waals surface area contributed by atoms with Gasteiger partial charge >= 0.3 is 0 Å². The molecule has 1 aliphatic heterocycles. The van der Waals surface area contributed by atoms with Crippen molar-refractivity contribution in [3.63, 3.8) is 0 Å². The fourth-order valence-electron chi connectivity index (χ4n) is 1.34. The van der Waals surface area contributed by atoms with Gasteiger partial charge in [-0.25, -0.2) is 0 Å². The average Bonchev–Trinajstić information content (AvgIpc) is 2.59. The zero-order valence-electron chi connectivity index (χ0n) is 6.79. The Labute approximate surface area is 75.7 Å². The first-order valence-corrected chi connectivity index (χ1v) is 4.96. The average molecular weight is 181 g/mol. The second-order valence-corrected chi connectivity index (χ2v) is 3.52. The lowest BCUT2D eigenvalue weighted by atomic mass is 10.1. The van der Waals surface area contributed by atoms with Crippen molar-refractivity contribution in [2.75, 3.05) is 13.1 Å². The van der Waals surface area contributed by atoms with E-state index in [9.17, 15) is 0 Å². The monoisotopic (exact) mass is 181 g/mol. The highest BCUT2D eigenvalue weighted by atomic mass is 32.1. The van der Waals surface area contributed by atoms with E-state index in [-0.39, 0.29) is 0 Å². The van der Waals surface area contributed by atoms with Gasteiger partial charge in [0.15, 0.2) is 0 Å². The van der Waals surface area contributed by atoms with Gasteiger partial charge in [0, 0.05) is 11.9 Å². The predicted octanol–water partition coefficient (Wildman–Crippen LogP) is 1.30. The van der Waals surface area contributed by atoms with Gasteiger partial charge in [0.25, 0.3) is 0 Å². The Morgan fingerprint density at radius 1 is 1.58 bits per heavy atom. The van der Waals surface area contributed by atoms with Crippen molar-refractivity contribution in [3.05, 3.63) is 16.6 Å². The SMILES string of the molecule is C(=C1\CCCNC1)/c1csnn1. The Bertz CT molecular complexity index is 258. The second kappa shape index (κ2) is 3.78. The maximum Gasteiger partial charge on any atom is 0.0981 e. The second-order valence-electron chi connectivity index (χ2n) is 2.91. The molecule has 0 amide bonds. The maximum absolute atomic E-state index is 3.97. The Kier molecular flexibility index (Phi) is 2.48. The molecule has 4 heteroatoms. The molecule has 1 aromatic heterocycles. The van der Waals surface area contributed by atoms with E-state index in [4.69, 9.17) is 0 Å². The van der Waals surface area contributed by atoms with Crippen LogP contribution in [0.25, 0.3) is 6.08 Å². The number of aromatic nitrogens is 2. The topological polar surface area (TPSA) is 37.8 Å². The van der Waals surface area contributed by atoms with Gasteiger partial charge in [-0.05, 0) is 37.0 Å². The van der Waals surface area contributed by atoms with Crippen molar-refractivity contribution in [1.82, 2.24) is 14.9 Å². The molecule has 0 unspecified atom stereocenters. The van der Waals surface area contributed by atoms with E-state index in [0.717, 1.165) is 18.8 Å². The molecule has 0 radical (unpaired) electrons. The van der Waals surface area contributed by atoms with Crippen LogP contribution in [0.5, 0.6) is 0 Å². The smallest absolute Gasteiger partial charge is 0.0981 e. The summed E-state index contributed by atoms with van der Waals surface area (Å²) in [6, 6.07) is 0. The van der Waals surface area contributed by atoms with E-state index in [0.29, 0.717) is 0 Å². The molecule has 1 aromatic rings. The fourth-order valence-corrected chi connectivity index (χ4v) is 1.76. The first-order chi connectivity index (χ1) is 5.95. The van der Waals surface area contributed by atoms with Gasteiger partial charge in [-0.15, -0.1) is 5.10 Å². The molecule has 1 fully saturated rings. The number of hydrogen-bond donors (Lipinski definition) is 1. The lowest BCUT2D eigenvalue weighted by Gasteiger charge is -2.14. The molecular formula is C8H11N3S. The van der Waals surface area contributed by atoms with Gasteiger partial charge in [-0.3, -0.25) is 0 Å². The molecule has 0 spiro atoms. The first kappa shape index (κ1) is 7.89. The predicted molar refractivity (Wildman–Crippen MR) is 50.0 cm³/mol. The van der Waals surface area contributed by atoms with E-state index in [2.05, 4.69) is 21.0 Å². The maximum atomic E-state index is 3.97. The normalized spacial score (nSPS) is 21.5. The van der Waals surface area contributed by atoms with Crippen molar-refractivity contribution in [2.24, 2.45) is 0 Å². The number of piperidine rings is 1. The summed E-state index contributed by atoms with van der Waals surface area (Å²) < 4.78 is 3.81. The van der Waals surface area contributed by atoms with Crippen LogP contribution in [0.15, 0.2) is 11.0 Å². The Hall–Kier alpha value is -0.740. The summed E-state index contributed by atoms with van der Waals surface area (Å²) in [5.41, 5.74) is 2.44. The molecule has 1 aliphatic rings. The minimum atomic E-state index is 0.999. The highest BCUT2D eigenvalue weighted by Crippen LogP contribution is 2.12. The van der Waals surface area contributed by atoms with Crippen molar-refractivity contribution in [2.45, 2.75) is 12.8 Å². The van der Waals surface area contributed by atoms with E-state index < -0.39 is 0 Å². The Morgan fingerprint density at radius 3 is 3.25 bits per heavy atom. The van der Waals surface area contributed by atoms with Crippen molar-refractivity contribution >= 4 is 17.6 Å². The third-order valence-corrected chi connectivity index (χ3v) is 2.46. The van der Waals surface area contributed by atoms with Crippen LogP contribution in [0, 0.1) is 0 Å². The molecule has 2 heterocycles. The fraction of sp³-hybridized carbons (Fsp3) is 0.500. The standard InChI is InChI=1S/C8H11N3S/c1-2-7(5-9-3-1)4-8-6-12-11-10-8/h4,6,9H,1-3,5H2/b7-4-. The summed E-state index contributed by atoms with van der Waals surface area (Å²) in [7, 11) is 0. The molecule has 64 valence electrons. The van der Waals surface area contributed by atoms with Gasteiger partial charge in [0.05, 0.1) is 5.69 Å². The van der Waals surface area contributed by atoms with E-state index in [1.165, 1.54) is 29.9 Å². The van der Waals surface area contributed by atoms with Crippen LogP contribution in [-0.2, 0) is 0 Å². The van der Waals surface area contributed by atoms with Crippen LogP contribution < -0.4 is 5.32 Å². The van der Waals surface area contributed by atoms with Crippen LogP contribution in [0.1, 0.15) is 18.5 Å². The van der Waals surface area contributed by atoms with Gasteiger partial charge < -0.3 is 5.32 Å². The van der Waals surface area contributed by atoms with Crippen LogP contribution in [0.3, 0.4) is 0 Å². The minimum absolute atomic E-state index is 0.999. The third kappa shape index (κ3) is 1.89. The summed E-state index contributed by atoms with van der Waals surface area (Å²) in [5.74, 6) is 0. The summed E-state index contributed by atoms with van der Waals surface area (Å²) in [6.45, 7) is 2.16. The van der Waals surface area contributed by atoms with E-state index >= 15 is 0 Å². The van der Waals surface area contributed by atoms with Crippen molar-refractivity contribution in [1.29, 1.82) is 0 Å². The molecule has 1 saturated heterocycles. The number of nitrogens with zero attached hydrogens (tertiary/aromatic N) is 2. The van der Waals surface area contributed by atoms with E-state index in [1.807, 2.05) is 5.38 Å². The number of rotatable bonds is 1. The number of hydrogen-bond acceptors (Lipinski definition) is 4. The molecule has 12 heavy (non-hydrogen) atoms. The highest BCUT2D eigenvalue weighted by molar-refractivity contribution is 7.03. The molecule has 3 nitrogen and oxygen atoms in total. The van der Waals surface area contributed by atoms with Crippen LogP contribution in [0.2, 0.25) is 0 Å². The van der Waals surface area contributed by atoms with Crippen LogP contribution in [0.4, 0.5) is 0 Å². The molecule has 0 aromatic carbocycles.